The van der Waals surface area contributed by atoms with E-state index in [1.54, 1.807) is 0 Å². The Balaban J connectivity index is 4.40. The highest BCUT2D eigenvalue weighted by molar-refractivity contribution is 8.29. The topological polar surface area (TPSA) is 0 Å². The lowest BCUT2D eigenvalue weighted by molar-refractivity contribution is -0.0729. The maximum Gasteiger partial charge on any atom is 0.454 e. The van der Waals surface area contributed by atoms with Gasteiger partial charge in [0.05, 0.1) is 9.45 Å². The summed E-state index contributed by atoms with van der Waals surface area (Å²) in [5.41, 5.74) is -10.7. The Morgan fingerprint density at radius 3 is 1.00 bits per heavy atom. The Bertz CT molecular complexity index is 125. The number of rotatable bonds is 0. The van der Waals surface area contributed by atoms with Crippen LogP contribution < -0.4 is 0 Å². The van der Waals surface area contributed by atoms with Crippen molar-refractivity contribution in [1.29, 1.82) is 0 Å². The lowest BCUT2D eigenvalue weighted by atomic mass is 11.5. The van der Waals surface area contributed by atoms with E-state index >= 15 is 0 Å². The Morgan fingerprint density at radius 1 is 0.800 bits per heavy atom. The highest BCUT2D eigenvalue weighted by Gasteiger charge is 2.50. The molecule has 0 atom stereocenters. The van der Waals surface area contributed by atoms with Crippen LogP contribution >= 0.6 is 0 Å². The molecule has 0 aromatic heterocycles. The molecule has 62 valence electrons. The first-order valence-corrected chi connectivity index (χ1v) is 3.86. The third kappa shape index (κ3) is 2.82. The van der Waals surface area contributed by atoms with Crippen LogP contribution in [0.2, 0.25) is 0 Å². The van der Waals surface area contributed by atoms with Gasteiger partial charge in [0.2, 0.25) is 0 Å². The van der Waals surface area contributed by atoms with Gasteiger partial charge in [-0.05, 0) is 11.2 Å². The molecule has 0 aromatic rings. The smallest absolute Gasteiger partial charge is 0.160 e. The Hall–Kier alpha value is 0.150. The molecule has 8 heteroatoms. The molecule has 0 amide bonds. The van der Waals surface area contributed by atoms with Gasteiger partial charge < -0.3 is 0 Å². The van der Waals surface area contributed by atoms with Gasteiger partial charge in [0.1, 0.15) is 0 Å². The summed E-state index contributed by atoms with van der Waals surface area (Å²) in [6, 6.07) is 0. The standard InChI is InChI=1S/C2F6S2/c3-1(4,5)10(9)2(6,7)8. The van der Waals surface area contributed by atoms with Crippen molar-refractivity contribution >= 4 is 20.6 Å². The van der Waals surface area contributed by atoms with Crippen molar-refractivity contribution in [3.63, 3.8) is 0 Å². The predicted molar refractivity (Wildman–Crippen MR) is 26.8 cm³/mol. The second kappa shape index (κ2) is 2.65. The van der Waals surface area contributed by atoms with Crippen LogP contribution in [0.4, 0.5) is 26.3 Å². The van der Waals surface area contributed by atoms with E-state index in [0.29, 0.717) is 0 Å². The minimum Gasteiger partial charge on any atom is -0.160 e. The van der Waals surface area contributed by atoms with E-state index in [1.807, 2.05) is 0 Å². The molecule has 10 heavy (non-hydrogen) atoms. The van der Waals surface area contributed by atoms with E-state index < -0.39 is 20.5 Å². The van der Waals surface area contributed by atoms with Crippen LogP contribution in [-0.2, 0) is 20.6 Å². The molecule has 0 aliphatic rings. The molecule has 0 saturated carbocycles. The molecule has 0 bridgehead atoms. The van der Waals surface area contributed by atoms with E-state index in [2.05, 4.69) is 11.2 Å². The normalized spacial score (nSPS) is 14.3. The third-order valence-corrected chi connectivity index (χ3v) is 2.40. The lowest BCUT2D eigenvalue weighted by Gasteiger charge is -2.11. The van der Waals surface area contributed by atoms with Crippen molar-refractivity contribution in [3.05, 3.63) is 0 Å². The maximum atomic E-state index is 11.1. The van der Waals surface area contributed by atoms with Gasteiger partial charge in [-0.15, -0.1) is 0 Å². The highest BCUT2D eigenvalue weighted by Crippen LogP contribution is 2.33. The fraction of sp³-hybridized carbons (Fsp3) is 1.00. The van der Waals surface area contributed by atoms with Crippen LogP contribution in [0, 0.1) is 0 Å². The van der Waals surface area contributed by atoms with Gasteiger partial charge >= 0.3 is 11.0 Å². The molecule has 0 unspecified atom stereocenters. The zero-order chi connectivity index (χ0) is 8.58. The molecule has 0 saturated heterocycles. The SMILES string of the molecule is FC(F)(F)S(=S)C(F)(F)F. The Morgan fingerprint density at radius 2 is 1.00 bits per heavy atom. The zero-order valence-electron chi connectivity index (χ0n) is 4.08. The van der Waals surface area contributed by atoms with Gasteiger partial charge in [0.25, 0.3) is 0 Å². The molecule has 0 rings (SSSR count). The summed E-state index contributed by atoms with van der Waals surface area (Å²) in [5.74, 6) is 0. The molecule has 0 aliphatic heterocycles. The molecule has 0 nitrogen and oxygen atoms in total. The summed E-state index contributed by atoms with van der Waals surface area (Å²) < 4.78 is 66.8. The van der Waals surface area contributed by atoms with Crippen LogP contribution in [0.5, 0.6) is 0 Å². The minimum absolute atomic E-state index is 3.19. The average Bonchev–Trinajstić information content (AvgIpc) is 1.59. The minimum atomic E-state index is -5.34. The van der Waals surface area contributed by atoms with E-state index in [9.17, 15) is 26.3 Å². The van der Waals surface area contributed by atoms with Crippen molar-refractivity contribution in [2.24, 2.45) is 0 Å². The molecule has 0 aliphatic carbocycles. The largest absolute Gasteiger partial charge is 0.454 e. The quantitative estimate of drug-likeness (QED) is 0.542. The predicted octanol–water partition coefficient (Wildman–Crippen LogP) is 2.11. The summed E-state index contributed by atoms with van der Waals surface area (Å²) in [6.45, 7) is 0. The van der Waals surface area contributed by atoms with Crippen molar-refractivity contribution in [2.75, 3.05) is 0 Å². The van der Waals surface area contributed by atoms with Gasteiger partial charge in [-0.25, -0.2) is 0 Å². The number of hydrogen-bond acceptors (Lipinski definition) is 1. The van der Waals surface area contributed by atoms with Crippen LogP contribution in [0.15, 0.2) is 0 Å². The molecule has 0 radical (unpaired) electrons. The molecule has 0 heterocycles. The van der Waals surface area contributed by atoms with E-state index in [4.69, 9.17) is 0 Å². The number of hydrogen-bond donors (Lipinski definition) is 0. The van der Waals surface area contributed by atoms with Gasteiger partial charge in [0, 0.05) is 0 Å². The van der Waals surface area contributed by atoms with E-state index in [1.165, 1.54) is 0 Å². The van der Waals surface area contributed by atoms with Gasteiger partial charge in [-0.3, -0.25) is 0 Å². The summed E-state index contributed by atoms with van der Waals surface area (Å²) >= 11 is 3.19. The van der Waals surface area contributed by atoms with Crippen LogP contribution in [0.25, 0.3) is 0 Å². The average molecular weight is 202 g/mol. The van der Waals surface area contributed by atoms with E-state index in [0.717, 1.165) is 0 Å². The first kappa shape index (κ1) is 10.2. The summed E-state index contributed by atoms with van der Waals surface area (Å²) in [4.78, 5) is 0. The number of halogens is 6. The second-order valence-corrected chi connectivity index (χ2v) is 3.62. The first-order chi connectivity index (χ1) is 4.15. The summed E-state index contributed by atoms with van der Waals surface area (Å²) in [7, 11) is -3.92. The summed E-state index contributed by atoms with van der Waals surface area (Å²) in [5, 5.41) is 0. The van der Waals surface area contributed by atoms with Crippen LogP contribution in [-0.4, -0.2) is 11.0 Å². The summed E-state index contributed by atoms with van der Waals surface area (Å²) in [6.07, 6.45) is 0. The van der Waals surface area contributed by atoms with Crippen molar-refractivity contribution in [3.8, 4) is 0 Å². The van der Waals surface area contributed by atoms with Crippen LogP contribution in [0.1, 0.15) is 0 Å². The molecule has 0 aromatic carbocycles. The Kier molecular flexibility index (Phi) is 2.69. The molecular weight excluding hydrogens is 202 g/mol. The molecule has 0 spiro atoms. The zero-order valence-corrected chi connectivity index (χ0v) is 5.72. The third-order valence-electron chi connectivity index (χ3n) is 0.420. The molecule has 0 fully saturated rings. The fourth-order valence-electron chi connectivity index (χ4n) is 0.131. The van der Waals surface area contributed by atoms with Crippen molar-refractivity contribution in [1.82, 2.24) is 0 Å². The van der Waals surface area contributed by atoms with E-state index in [-0.39, 0.29) is 0 Å². The highest BCUT2D eigenvalue weighted by atomic mass is 32.8. The van der Waals surface area contributed by atoms with Gasteiger partial charge in [-0.2, -0.15) is 26.3 Å². The maximum absolute atomic E-state index is 11.1. The van der Waals surface area contributed by atoms with Gasteiger partial charge in [-0.1, -0.05) is 0 Å². The van der Waals surface area contributed by atoms with Crippen molar-refractivity contribution < 1.29 is 26.3 Å². The van der Waals surface area contributed by atoms with Crippen LogP contribution in [0.3, 0.4) is 0 Å². The van der Waals surface area contributed by atoms with Crippen molar-refractivity contribution in [2.45, 2.75) is 11.0 Å². The molecule has 0 N–H and O–H groups in total. The lowest BCUT2D eigenvalue weighted by Crippen LogP contribution is -2.28. The Labute approximate surface area is 58.8 Å². The number of alkyl halides is 6. The first-order valence-electron chi connectivity index (χ1n) is 1.71. The van der Waals surface area contributed by atoms with Gasteiger partial charge in [0.15, 0.2) is 0 Å². The second-order valence-electron chi connectivity index (χ2n) is 1.16. The monoisotopic (exact) mass is 202 g/mol. The fourth-order valence-corrected chi connectivity index (χ4v) is 0.394. The molecular formula is C2F6S2.